The van der Waals surface area contributed by atoms with Gasteiger partial charge < -0.3 is 15.2 Å². The first-order valence-electron chi connectivity index (χ1n) is 6.75. The fourth-order valence-corrected chi connectivity index (χ4v) is 2.53. The highest BCUT2D eigenvalue weighted by Gasteiger charge is 2.12. The van der Waals surface area contributed by atoms with Crippen LogP contribution in [0, 0.1) is 0 Å². The fraction of sp³-hybridized carbons (Fsp3) is 0.188. The first-order chi connectivity index (χ1) is 10.1. The van der Waals surface area contributed by atoms with Crippen LogP contribution >= 0.6 is 0 Å². The number of aliphatic hydroxyl groups is 2. The van der Waals surface area contributed by atoms with Crippen LogP contribution in [-0.4, -0.2) is 26.1 Å². The van der Waals surface area contributed by atoms with Gasteiger partial charge in [-0.25, -0.2) is 4.79 Å². The van der Waals surface area contributed by atoms with Crippen molar-refractivity contribution in [1.29, 1.82) is 0 Å². The van der Waals surface area contributed by atoms with E-state index in [0.29, 0.717) is 17.6 Å². The number of hydrogen-bond donors (Lipinski definition) is 3. The number of rotatable bonds is 4. The molecule has 0 aliphatic rings. The molecule has 5 heteroatoms. The number of H-pyrrole nitrogens is 1. The van der Waals surface area contributed by atoms with Gasteiger partial charge in [-0.3, -0.25) is 4.57 Å². The SMILES string of the molecule is O=c1[nH]c2c(CC(O)O)cccc2n1Cc1ccccc1. The second-order valence-electron chi connectivity index (χ2n) is 5.00. The molecule has 0 unspecified atom stereocenters. The fourth-order valence-electron chi connectivity index (χ4n) is 2.53. The largest absolute Gasteiger partial charge is 0.368 e. The molecule has 3 aromatic rings. The number of para-hydroxylation sites is 1. The van der Waals surface area contributed by atoms with Crippen LogP contribution in [0.2, 0.25) is 0 Å². The van der Waals surface area contributed by atoms with Gasteiger partial charge in [-0.15, -0.1) is 0 Å². The third-order valence-corrected chi connectivity index (χ3v) is 3.48. The Hall–Kier alpha value is -2.37. The third kappa shape index (κ3) is 2.74. The molecule has 3 N–H and O–H groups in total. The molecule has 0 aliphatic heterocycles. The molecule has 3 rings (SSSR count). The Kier molecular flexibility index (Phi) is 3.60. The van der Waals surface area contributed by atoms with E-state index in [2.05, 4.69) is 4.98 Å². The Morgan fingerprint density at radius 1 is 1.05 bits per heavy atom. The van der Waals surface area contributed by atoms with Gasteiger partial charge in [0.1, 0.15) is 0 Å². The Labute approximate surface area is 121 Å². The van der Waals surface area contributed by atoms with Crippen LogP contribution in [-0.2, 0) is 13.0 Å². The van der Waals surface area contributed by atoms with Crippen LogP contribution in [0.25, 0.3) is 11.0 Å². The highest BCUT2D eigenvalue weighted by atomic mass is 16.5. The summed E-state index contributed by atoms with van der Waals surface area (Å²) in [6, 6.07) is 15.2. The molecule has 0 saturated carbocycles. The predicted octanol–water partition coefficient (Wildman–Crippen LogP) is 1.23. The average Bonchev–Trinajstić information content (AvgIpc) is 2.77. The second kappa shape index (κ2) is 5.55. The minimum Gasteiger partial charge on any atom is -0.368 e. The van der Waals surface area contributed by atoms with Gasteiger partial charge in [-0.1, -0.05) is 42.5 Å². The minimum absolute atomic E-state index is 0.0859. The van der Waals surface area contributed by atoms with Crippen LogP contribution in [0.4, 0.5) is 0 Å². The van der Waals surface area contributed by atoms with E-state index < -0.39 is 6.29 Å². The summed E-state index contributed by atoms with van der Waals surface area (Å²) in [6.45, 7) is 0.477. The van der Waals surface area contributed by atoms with E-state index in [4.69, 9.17) is 10.2 Å². The molecule has 0 saturated heterocycles. The van der Waals surface area contributed by atoms with Crippen molar-refractivity contribution in [2.45, 2.75) is 19.3 Å². The lowest BCUT2D eigenvalue weighted by Gasteiger charge is -2.06. The lowest BCUT2D eigenvalue weighted by molar-refractivity contribution is -0.0379. The van der Waals surface area contributed by atoms with E-state index in [1.54, 1.807) is 10.6 Å². The second-order valence-corrected chi connectivity index (χ2v) is 5.00. The summed E-state index contributed by atoms with van der Waals surface area (Å²) in [7, 11) is 0. The van der Waals surface area contributed by atoms with Crippen molar-refractivity contribution < 1.29 is 10.2 Å². The monoisotopic (exact) mass is 284 g/mol. The molecule has 0 radical (unpaired) electrons. The molecular weight excluding hydrogens is 268 g/mol. The number of nitrogens with one attached hydrogen (secondary N) is 1. The van der Waals surface area contributed by atoms with Crippen molar-refractivity contribution in [3.8, 4) is 0 Å². The van der Waals surface area contributed by atoms with Crippen LogP contribution in [0.3, 0.4) is 0 Å². The maximum absolute atomic E-state index is 12.2. The van der Waals surface area contributed by atoms with Crippen LogP contribution in [0.1, 0.15) is 11.1 Å². The van der Waals surface area contributed by atoms with Crippen LogP contribution < -0.4 is 5.69 Å². The van der Waals surface area contributed by atoms with Crippen LogP contribution in [0.15, 0.2) is 53.3 Å². The van der Waals surface area contributed by atoms with Gasteiger partial charge in [-0.2, -0.15) is 0 Å². The summed E-state index contributed by atoms with van der Waals surface area (Å²) in [5, 5.41) is 18.3. The number of aromatic nitrogens is 2. The highest BCUT2D eigenvalue weighted by Crippen LogP contribution is 2.17. The number of fused-ring (bicyclic) bond motifs is 1. The summed E-state index contributed by atoms with van der Waals surface area (Å²) in [5.74, 6) is 0. The van der Waals surface area contributed by atoms with E-state index in [0.717, 1.165) is 11.1 Å². The van der Waals surface area contributed by atoms with E-state index in [-0.39, 0.29) is 12.1 Å². The molecule has 0 amide bonds. The van der Waals surface area contributed by atoms with Crippen molar-refractivity contribution in [3.63, 3.8) is 0 Å². The van der Waals surface area contributed by atoms with Crippen molar-refractivity contribution >= 4 is 11.0 Å². The smallest absolute Gasteiger partial charge is 0.326 e. The summed E-state index contributed by atoms with van der Waals surface area (Å²) in [6.07, 6.45) is -1.35. The van der Waals surface area contributed by atoms with Gasteiger partial charge in [0.05, 0.1) is 17.6 Å². The topological polar surface area (TPSA) is 78.2 Å². The molecule has 1 aromatic heterocycles. The number of benzene rings is 2. The first kappa shape index (κ1) is 13.6. The molecule has 0 aliphatic carbocycles. The molecule has 1 heterocycles. The zero-order chi connectivity index (χ0) is 14.8. The Morgan fingerprint density at radius 2 is 1.81 bits per heavy atom. The quantitative estimate of drug-likeness (QED) is 0.631. The van der Waals surface area contributed by atoms with Gasteiger partial charge in [0.2, 0.25) is 0 Å². The average molecular weight is 284 g/mol. The summed E-state index contributed by atoms with van der Waals surface area (Å²) in [4.78, 5) is 15.0. The highest BCUT2D eigenvalue weighted by molar-refractivity contribution is 5.79. The summed E-state index contributed by atoms with van der Waals surface area (Å²) < 4.78 is 1.65. The van der Waals surface area contributed by atoms with Crippen molar-refractivity contribution in [3.05, 3.63) is 70.1 Å². The lowest BCUT2D eigenvalue weighted by Crippen LogP contribution is -2.17. The van der Waals surface area contributed by atoms with Crippen LogP contribution in [0.5, 0.6) is 0 Å². The normalized spacial score (nSPS) is 11.4. The summed E-state index contributed by atoms with van der Waals surface area (Å²) in [5.41, 5.74) is 2.97. The van der Waals surface area contributed by atoms with Crippen molar-refractivity contribution in [2.75, 3.05) is 0 Å². The van der Waals surface area contributed by atoms with E-state index in [9.17, 15) is 4.79 Å². The summed E-state index contributed by atoms with van der Waals surface area (Å²) >= 11 is 0. The molecular formula is C16H16N2O3. The molecule has 0 bridgehead atoms. The Balaban J connectivity index is 2.08. The number of hydrogen-bond acceptors (Lipinski definition) is 3. The van der Waals surface area contributed by atoms with E-state index in [1.807, 2.05) is 42.5 Å². The number of aromatic amines is 1. The standard InChI is InChI=1S/C16H16N2O3/c19-14(20)9-12-7-4-8-13-15(12)17-16(21)18(13)10-11-5-2-1-3-6-11/h1-8,14,19-20H,9-10H2,(H,17,21). The Morgan fingerprint density at radius 3 is 2.52 bits per heavy atom. The molecule has 21 heavy (non-hydrogen) atoms. The zero-order valence-corrected chi connectivity index (χ0v) is 11.4. The minimum atomic E-state index is -1.43. The van der Waals surface area contributed by atoms with Gasteiger partial charge in [0.25, 0.3) is 0 Å². The number of imidazole rings is 1. The number of aliphatic hydroxyl groups excluding tert-OH is 1. The van der Waals surface area contributed by atoms with Gasteiger partial charge >= 0.3 is 5.69 Å². The van der Waals surface area contributed by atoms with Crippen molar-refractivity contribution in [1.82, 2.24) is 9.55 Å². The third-order valence-electron chi connectivity index (χ3n) is 3.48. The molecule has 0 fully saturated rings. The molecule has 108 valence electrons. The zero-order valence-electron chi connectivity index (χ0n) is 11.4. The lowest BCUT2D eigenvalue weighted by atomic mass is 10.1. The maximum atomic E-state index is 12.2. The first-order valence-corrected chi connectivity index (χ1v) is 6.75. The Bertz CT molecular complexity index is 803. The molecule has 0 atom stereocenters. The van der Waals surface area contributed by atoms with Gasteiger partial charge in [0.15, 0.2) is 6.29 Å². The molecule has 5 nitrogen and oxygen atoms in total. The van der Waals surface area contributed by atoms with Gasteiger partial charge in [0, 0.05) is 6.42 Å². The maximum Gasteiger partial charge on any atom is 0.326 e. The van der Waals surface area contributed by atoms with E-state index >= 15 is 0 Å². The number of nitrogens with zero attached hydrogens (tertiary/aromatic N) is 1. The molecule has 2 aromatic carbocycles. The van der Waals surface area contributed by atoms with Crippen molar-refractivity contribution in [2.24, 2.45) is 0 Å². The van der Waals surface area contributed by atoms with Gasteiger partial charge in [-0.05, 0) is 17.2 Å². The molecule has 0 spiro atoms. The van der Waals surface area contributed by atoms with E-state index in [1.165, 1.54) is 0 Å². The predicted molar refractivity (Wildman–Crippen MR) is 80.0 cm³/mol.